The van der Waals surface area contributed by atoms with E-state index in [0.29, 0.717) is 11.7 Å². The van der Waals surface area contributed by atoms with Crippen molar-refractivity contribution in [2.45, 2.75) is 18.6 Å². The summed E-state index contributed by atoms with van der Waals surface area (Å²) in [6.45, 7) is 2.51. The molecule has 0 aliphatic heterocycles. The third-order valence-electron chi connectivity index (χ3n) is 2.74. The summed E-state index contributed by atoms with van der Waals surface area (Å²) < 4.78 is 1.19. The van der Waals surface area contributed by atoms with Gasteiger partial charge in [0.1, 0.15) is 0 Å². The Morgan fingerprint density at radius 3 is 2.67 bits per heavy atom. The molecular formula is C12H17N7OS. The van der Waals surface area contributed by atoms with Crippen LogP contribution in [0.1, 0.15) is 11.1 Å². The highest BCUT2D eigenvalue weighted by atomic mass is 32.2. The van der Waals surface area contributed by atoms with Crippen molar-refractivity contribution >= 4 is 23.6 Å². The second kappa shape index (κ2) is 6.95. The monoisotopic (exact) mass is 307 g/mol. The zero-order valence-corrected chi connectivity index (χ0v) is 12.4. The van der Waals surface area contributed by atoms with Crippen molar-refractivity contribution < 1.29 is 4.79 Å². The van der Waals surface area contributed by atoms with Crippen molar-refractivity contribution in [1.82, 2.24) is 20.2 Å². The lowest BCUT2D eigenvalue weighted by atomic mass is 10.1. The SMILES string of the molecule is Cc1ccc(CNC(=O)CSc2nnc(NN)n2N)cc1. The first-order valence-corrected chi connectivity index (χ1v) is 7.21. The van der Waals surface area contributed by atoms with Crippen LogP contribution in [0.2, 0.25) is 0 Å². The number of nitrogens with one attached hydrogen (secondary N) is 2. The molecule has 21 heavy (non-hydrogen) atoms. The van der Waals surface area contributed by atoms with Gasteiger partial charge < -0.3 is 11.2 Å². The average Bonchev–Trinajstić information content (AvgIpc) is 2.85. The Bertz CT molecular complexity index is 611. The van der Waals surface area contributed by atoms with Crippen molar-refractivity contribution in [3.63, 3.8) is 0 Å². The van der Waals surface area contributed by atoms with E-state index in [1.54, 1.807) is 0 Å². The van der Waals surface area contributed by atoms with E-state index in [2.05, 4.69) is 20.9 Å². The quantitative estimate of drug-likeness (QED) is 0.336. The minimum Gasteiger partial charge on any atom is -0.351 e. The van der Waals surface area contributed by atoms with Crippen LogP contribution < -0.4 is 22.4 Å². The number of rotatable bonds is 6. The third kappa shape index (κ3) is 4.10. The van der Waals surface area contributed by atoms with Gasteiger partial charge in [-0.25, -0.2) is 10.5 Å². The summed E-state index contributed by atoms with van der Waals surface area (Å²) in [6.07, 6.45) is 0. The fourth-order valence-corrected chi connectivity index (χ4v) is 2.25. The van der Waals surface area contributed by atoms with Gasteiger partial charge in [0.25, 0.3) is 5.95 Å². The predicted octanol–water partition coefficient (Wildman–Crippen LogP) is -0.00558. The van der Waals surface area contributed by atoms with Gasteiger partial charge in [0, 0.05) is 6.54 Å². The molecule has 0 saturated carbocycles. The molecule has 0 aliphatic rings. The molecule has 1 heterocycles. The standard InChI is InChI=1S/C12H17N7OS/c1-8-2-4-9(5-3-8)6-15-10(20)7-21-12-18-17-11(16-13)19(12)14/h2-5H,6-7,13-14H2,1H3,(H,15,20)(H,16,17). The number of nitrogen functional groups attached to an aromatic ring is 2. The molecule has 8 nitrogen and oxygen atoms in total. The van der Waals surface area contributed by atoms with Gasteiger partial charge in [-0.15, -0.1) is 10.2 Å². The summed E-state index contributed by atoms with van der Waals surface area (Å²) in [4.78, 5) is 11.8. The Kier molecular flexibility index (Phi) is 5.01. The van der Waals surface area contributed by atoms with Gasteiger partial charge in [-0.2, -0.15) is 0 Å². The third-order valence-corrected chi connectivity index (χ3v) is 3.68. The molecule has 2 rings (SSSR count). The fourth-order valence-electron chi connectivity index (χ4n) is 1.56. The van der Waals surface area contributed by atoms with Crippen LogP contribution >= 0.6 is 11.8 Å². The number of nitrogens with two attached hydrogens (primary N) is 2. The minimum absolute atomic E-state index is 0.106. The zero-order valence-electron chi connectivity index (χ0n) is 11.5. The van der Waals surface area contributed by atoms with Crippen LogP contribution in [0.5, 0.6) is 0 Å². The number of hydrazine groups is 1. The number of amides is 1. The topological polar surface area (TPSA) is 124 Å². The lowest BCUT2D eigenvalue weighted by Crippen LogP contribution is -2.25. The van der Waals surface area contributed by atoms with Gasteiger partial charge in [0.15, 0.2) is 0 Å². The van der Waals surface area contributed by atoms with E-state index in [1.807, 2.05) is 31.2 Å². The van der Waals surface area contributed by atoms with Crippen molar-refractivity contribution in [2.75, 3.05) is 17.0 Å². The van der Waals surface area contributed by atoms with Gasteiger partial charge in [-0.1, -0.05) is 41.6 Å². The van der Waals surface area contributed by atoms with Crippen LogP contribution in [-0.4, -0.2) is 26.5 Å². The summed E-state index contributed by atoms with van der Waals surface area (Å²) >= 11 is 1.19. The second-order valence-corrected chi connectivity index (χ2v) is 5.31. The number of hydrogen-bond donors (Lipinski definition) is 4. The molecule has 0 fully saturated rings. The predicted molar refractivity (Wildman–Crippen MR) is 81.7 cm³/mol. The highest BCUT2D eigenvalue weighted by Gasteiger charge is 2.11. The summed E-state index contributed by atoms with van der Waals surface area (Å²) in [5, 5.41) is 10.8. The van der Waals surface area contributed by atoms with Crippen LogP contribution in [-0.2, 0) is 11.3 Å². The molecule has 0 aliphatic carbocycles. The highest BCUT2D eigenvalue weighted by Crippen LogP contribution is 2.15. The Hall–Kier alpha value is -2.26. The summed E-state index contributed by atoms with van der Waals surface area (Å²) in [5.41, 5.74) is 4.54. The maximum absolute atomic E-state index is 11.8. The van der Waals surface area contributed by atoms with Crippen LogP contribution in [0.25, 0.3) is 0 Å². The Morgan fingerprint density at radius 1 is 1.33 bits per heavy atom. The molecule has 2 aromatic rings. The number of thioether (sulfide) groups is 1. The van der Waals surface area contributed by atoms with Gasteiger partial charge in [-0.3, -0.25) is 10.2 Å². The molecule has 0 radical (unpaired) electrons. The van der Waals surface area contributed by atoms with Crippen LogP contribution in [0.15, 0.2) is 29.4 Å². The number of benzene rings is 1. The first kappa shape index (κ1) is 15.1. The summed E-state index contributed by atoms with van der Waals surface area (Å²) in [7, 11) is 0. The summed E-state index contributed by atoms with van der Waals surface area (Å²) in [6, 6.07) is 7.99. The summed E-state index contributed by atoms with van der Waals surface area (Å²) in [5.74, 6) is 11.2. The molecule has 0 unspecified atom stereocenters. The van der Waals surface area contributed by atoms with E-state index in [-0.39, 0.29) is 17.6 Å². The van der Waals surface area contributed by atoms with Gasteiger partial charge >= 0.3 is 0 Å². The van der Waals surface area contributed by atoms with Crippen molar-refractivity contribution in [1.29, 1.82) is 0 Å². The first-order valence-electron chi connectivity index (χ1n) is 6.22. The molecule has 1 aromatic carbocycles. The first-order chi connectivity index (χ1) is 10.1. The maximum Gasteiger partial charge on any atom is 0.258 e. The Labute approximate surface area is 126 Å². The zero-order chi connectivity index (χ0) is 15.2. The van der Waals surface area contributed by atoms with Crippen LogP contribution in [0.3, 0.4) is 0 Å². The number of nitrogens with zero attached hydrogens (tertiary/aromatic N) is 3. The molecule has 0 atom stereocenters. The van der Waals surface area contributed by atoms with Crippen molar-refractivity contribution in [2.24, 2.45) is 5.84 Å². The van der Waals surface area contributed by atoms with E-state index in [0.717, 1.165) is 5.56 Å². The molecular weight excluding hydrogens is 290 g/mol. The molecule has 9 heteroatoms. The Balaban J connectivity index is 1.79. The largest absolute Gasteiger partial charge is 0.351 e. The molecule has 0 spiro atoms. The second-order valence-electron chi connectivity index (χ2n) is 4.37. The van der Waals surface area contributed by atoms with Crippen molar-refractivity contribution in [3.05, 3.63) is 35.4 Å². The number of aromatic nitrogens is 3. The average molecular weight is 307 g/mol. The minimum atomic E-state index is -0.106. The lowest BCUT2D eigenvalue weighted by Gasteiger charge is -2.05. The van der Waals surface area contributed by atoms with E-state index < -0.39 is 0 Å². The molecule has 0 bridgehead atoms. The molecule has 1 aromatic heterocycles. The number of carbonyl (C=O) groups excluding carboxylic acids is 1. The van der Waals surface area contributed by atoms with E-state index >= 15 is 0 Å². The number of anilines is 1. The molecule has 1 amide bonds. The van der Waals surface area contributed by atoms with Gasteiger partial charge in [-0.05, 0) is 12.5 Å². The number of carbonyl (C=O) groups is 1. The fraction of sp³-hybridized carbons (Fsp3) is 0.250. The number of aryl methyl sites for hydroxylation is 1. The van der Waals surface area contributed by atoms with E-state index in [9.17, 15) is 4.79 Å². The van der Waals surface area contributed by atoms with Crippen molar-refractivity contribution in [3.8, 4) is 0 Å². The van der Waals surface area contributed by atoms with E-state index in [1.165, 1.54) is 22.0 Å². The smallest absolute Gasteiger partial charge is 0.258 e. The van der Waals surface area contributed by atoms with Crippen LogP contribution in [0.4, 0.5) is 5.95 Å². The van der Waals surface area contributed by atoms with E-state index in [4.69, 9.17) is 11.7 Å². The maximum atomic E-state index is 11.8. The highest BCUT2D eigenvalue weighted by molar-refractivity contribution is 7.99. The molecule has 6 N–H and O–H groups in total. The van der Waals surface area contributed by atoms with Crippen LogP contribution in [0, 0.1) is 6.92 Å². The molecule has 112 valence electrons. The van der Waals surface area contributed by atoms with Gasteiger partial charge in [0.05, 0.1) is 5.75 Å². The van der Waals surface area contributed by atoms with Gasteiger partial charge in [0.2, 0.25) is 11.1 Å². The molecule has 0 saturated heterocycles. The Morgan fingerprint density at radius 2 is 2.05 bits per heavy atom. The normalized spacial score (nSPS) is 10.4. The number of hydrogen-bond acceptors (Lipinski definition) is 7. The lowest BCUT2D eigenvalue weighted by molar-refractivity contribution is -0.118.